The lowest BCUT2D eigenvalue weighted by molar-refractivity contribution is 0.157. The molecule has 0 aliphatic carbocycles. The number of phenols is 1. The Morgan fingerprint density at radius 2 is 1.83 bits per heavy atom. The van der Waals surface area contributed by atoms with Crippen LogP contribution >= 0.6 is 24.8 Å². The maximum Gasteiger partial charge on any atom is 0.124 e. The summed E-state index contributed by atoms with van der Waals surface area (Å²) in [5.41, 5.74) is 1.03. The molecular formula is C17H30Cl2N2O2. The van der Waals surface area contributed by atoms with E-state index in [0.29, 0.717) is 23.5 Å². The van der Waals surface area contributed by atoms with Gasteiger partial charge in [0.2, 0.25) is 0 Å². The van der Waals surface area contributed by atoms with Gasteiger partial charge in [-0.25, -0.2) is 0 Å². The summed E-state index contributed by atoms with van der Waals surface area (Å²) in [6.07, 6.45) is 2.25. The monoisotopic (exact) mass is 364 g/mol. The average molecular weight is 365 g/mol. The number of aromatic hydroxyl groups is 1. The Morgan fingerprint density at radius 3 is 2.35 bits per heavy atom. The number of nitrogens with zero attached hydrogens (tertiary/aromatic N) is 1. The minimum atomic E-state index is 0. The fraction of sp³-hybridized carbons (Fsp3) is 0.647. The van der Waals surface area contributed by atoms with Gasteiger partial charge in [-0.2, -0.15) is 0 Å². The van der Waals surface area contributed by atoms with Gasteiger partial charge in [0.25, 0.3) is 0 Å². The number of phenolic OH excluding ortho intramolecular Hbond substituents is 1. The largest absolute Gasteiger partial charge is 0.507 e. The molecule has 1 aliphatic heterocycles. The first kappa shape index (κ1) is 22.3. The van der Waals surface area contributed by atoms with Crippen molar-refractivity contribution < 1.29 is 9.84 Å². The number of rotatable bonds is 6. The highest BCUT2D eigenvalue weighted by molar-refractivity contribution is 5.85. The molecule has 0 aromatic heterocycles. The van der Waals surface area contributed by atoms with Crippen LogP contribution < -0.4 is 10.1 Å². The van der Waals surface area contributed by atoms with Crippen molar-refractivity contribution in [2.45, 2.75) is 32.7 Å². The number of ether oxygens (including phenoxy) is 1. The number of benzene rings is 1. The van der Waals surface area contributed by atoms with E-state index >= 15 is 0 Å². The molecule has 1 aliphatic rings. The quantitative estimate of drug-likeness (QED) is 0.808. The van der Waals surface area contributed by atoms with E-state index in [0.717, 1.165) is 38.2 Å². The number of piperazine rings is 1. The summed E-state index contributed by atoms with van der Waals surface area (Å²) in [6.45, 7) is 8.62. The Balaban J connectivity index is 0.00000242. The highest BCUT2D eigenvalue weighted by atomic mass is 35.5. The standard InChI is InChI=1S/C17H28N2O2.2ClH/c1-13(2)4-7-16(19-10-8-18-9-11-19)15-6-5-14(21-3)12-17(15)20;;/h5-6,12-13,16,18,20H,4,7-11H2,1-3H3;2*1H/t16-;;/m1../s1. The van der Waals surface area contributed by atoms with Crippen LogP contribution in [0.3, 0.4) is 0 Å². The lowest BCUT2D eigenvalue weighted by Crippen LogP contribution is -2.45. The van der Waals surface area contributed by atoms with Crippen molar-refractivity contribution >= 4 is 24.8 Å². The number of methoxy groups -OCH3 is 1. The Hall–Kier alpha value is -0.680. The zero-order valence-electron chi connectivity index (χ0n) is 14.2. The first-order valence-electron chi connectivity index (χ1n) is 7.93. The molecule has 23 heavy (non-hydrogen) atoms. The number of nitrogens with one attached hydrogen (secondary N) is 1. The van der Waals surface area contributed by atoms with Crippen molar-refractivity contribution in [1.82, 2.24) is 10.2 Å². The van der Waals surface area contributed by atoms with Crippen LogP contribution in [0.1, 0.15) is 38.3 Å². The van der Waals surface area contributed by atoms with Crippen LogP contribution in [0.2, 0.25) is 0 Å². The van der Waals surface area contributed by atoms with E-state index in [4.69, 9.17) is 4.74 Å². The van der Waals surface area contributed by atoms with Crippen molar-refractivity contribution in [2.24, 2.45) is 5.92 Å². The summed E-state index contributed by atoms with van der Waals surface area (Å²) in [7, 11) is 1.63. The van der Waals surface area contributed by atoms with Gasteiger partial charge in [0.05, 0.1) is 7.11 Å². The zero-order valence-corrected chi connectivity index (χ0v) is 15.9. The average Bonchev–Trinajstić information content (AvgIpc) is 2.49. The van der Waals surface area contributed by atoms with Crippen molar-refractivity contribution in [3.63, 3.8) is 0 Å². The highest BCUT2D eigenvalue weighted by Gasteiger charge is 2.24. The van der Waals surface area contributed by atoms with Gasteiger partial charge >= 0.3 is 0 Å². The normalized spacial score (nSPS) is 16.3. The second kappa shape index (κ2) is 11.0. The summed E-state index contributed by atoms with van der Waals surface area (Å²) >= 11 is 0. The maximum absolute atomic E-state index is 10.4. The summed E-state index contributed by atoms with van der Waals surface area (Å²) in [6, 6.07) is 5.97. The molecule has 6 heteroatoms. The van der Waals surface area contributed by atoms with E-state index in [1.807, 2.05) is 12.1 Å². The van der Waals surface area contributed by atoms with E-state index in [1.165, 1.54) is 6.42 Å². The molecule has 1 saturated heterocycles. The summed E-state index contributed by atoms with van der Waals surface area (Å²) in [4.78, 5) is 2.49. The fourth-order valence-electron chi connectivity index (χ4n) is 2.95. The van der Waals surface area contributed by atoms with Crippen LogP contribution in [0.25, 0.3) is 0 Å². The third-order valence-corrected chi connectivity index (χ3v) is 4.21. The van der Waals surface area contributed by atoms with Gasteiger partial charge in [-0.15, -0.1) is 24.8 Å². The first-order chi connectivity index (χ1) is 10.1. The van der Waals surface area contributed by atoms with Crippen molar-refractivity contribution in [3.8, 4) is 11.5 Å². The zero-order chi connectivity index (χ0) is 15.2. The molecule has 1 aromatic carbocycles. The predicted octanol–water partition coefficient (Wildman–Crippen LogP) is 3.63. The molecule has 1 fully saturated rings. The van der Waals surface area contributed by atoms with Crippen LogP contribution in [0, 0.1) is 5.92 Å². The topological polar surface area (TPSA) is 44.7 Å². The van der Waals surface area contributed by atoms with E-state index < -0.39 is 0 Å². The Labute approximate surface area is 152 Å². The molecule has 0 saturated carbocycles. The molecule has 0 amide bonds. The smallest absolute Gasteiger partial charge is 0.124 e. The Kier molecular flexibility index (Phi) is 10.7. The van der Waals surface area contributed by atoms with Crippen molar-refractivity contribution in [2.75, 3.05) is 33.3 Å². The second-order valence-corrected chi connectivity index (χ2v) is 6.20. The summed E-state index contributed by atoms with van der Waals surface area (Å²) in [5.74, 6) is 1.73. The molecule has 134 valence electrons. The van der Waals surface area contributed by atoms with Crippen molar-refractivity contribution in [3.05, 3.63) is 23.8 Å². The van der Waals surface area contributed by atoms with Crippen LogP contribution in [0.4, 0.5) is 0 Å². The van der Waals surface area contributed by atoms with Gasteiger partial charge in [-0.05, 0) is 24.8 Å². The van der Waals surface area contributed by atoms with Gasteiger partial charge in [0, 0.05) is 43.9 Å². The first-order valence-corrected chi connectivity index (χ1v) is 7.93. The molecule has 0 radical (unpaired) electrons. The molecule has 1 atom stereocenters. The Morgan fingerprint density at radius 1 is 1.17 bits per heavy atom. The predicted molar refractivity (Wildman–Crippen MR) is 100 cm³/mol. The molecule has 1 heterocycles. The Bertz CT molecular complexity index is 452. The molecule has 4 nitrogen and oxygen atoms in total. The summed E-state index contributed by atoms with van der Waals surface area (Å²) in [5, 5.41) is 13.8. The maximum atomic E-state index is 10.4. The lowest BCUT2D eigenvalue weighted by Gasteiger charge is -2.36. The number of hydrogen-bond acceptors (Lipinski definition) is 4. The van der Waals surface area contributed by atoms with Crippen LogP contribution in [0.5, 0.6) is 11.5 Å². The minimum Gasteiger partial charge on any atom is -0.507 e. The fourth-order valence-corrected chi connectivity index (χ4v) is 2.95. The highest BCUT2D eigenvalue weighted by Crippen LogP contribution is 2.35. The molecule has 0 spiro atoms. The van der Waals surface area contributed by atoms with Gasteiger partial charge in [-0.1, -0.05) is 19.9 Å². The lowest BCUT2D eigenvalue weighted by atomic mass is 9.95. The molecule has 2 rings (SSSR count). The molecular weight excluding hydrogens is 335 g/mol. The van der Waals surface area contributed by atoms with Crippen LogP contribution in [0.15, 0.2) is 18.2 Å². The van der Waals surface area contributed by atoms with Crippen LogP contribution in [-0.4, -0.2) is 43.3 Å². The van der Waals surface area contributed by atoms with E-state index in [1.54, 1.807) is 13.2 Å². The third-order valence-electron chi connectivity index (χ3n) is 4.21. The third kappa shape index (κ3) is 6.38. The van der Waals surface area contributed by atoms with Crippen molar-refractivity contribution in [1.29, 1.82) is 0 Å². The molecule has 0 unspecified atom stereocenters. The van der Waals surface area contributed by atoms with Gasteiger partial charge < -0.3 is 15.2 Å². The SMILES string of the molecule is COc1ccc([C@@H](CCC(C)C)N2CCNCC2)c(O)c1.Cl.Cl. The van der Waals surface area contributed by atoms with Crippen LogP contribution in [-0.2, 0) is 0 Å². The van der Waals surface area contributed by atoms with E-state index in [-0.39, 0.29) is 24.8 Å². The van der Waals surface area contributed by atoms with E-state index in [9.17, 15) is 5.11 Å². The van der Waals surface area contributed by atoms with E-state index in [2.05, 4.69) is 24.1 Å². The number of hydrogen-bond donors (Lipinski definition) is 2. The molecule has 1 aromatic rings. The van der Waals surface area contributed by atoms with Gasteiger partial charge in [-0.3, -0.25) is 4.90 Å². The second-order valence-electron chi connectivity index (χ2n) is 6.20. The van der Waals surface area contributed by atoms with Gasteiger partial charge in [0.15, 0.2) is 0 Å². The molecule has 2 N–H and O–H groups in total. The molecule has 0 bridgehead atoms. The minimum absolute atomic E-state index is 0. The summed E-state index contributed by atoms with van der Waals surface area (Å²) < 4.78 is 5.19. The van der Waals surface area contributed by atoms with Gasteiger partial charge in [0.1, 0.15) is 11.5 Å². The number of halogens is 2.